The molecular weight excluding hydrogens is 536 g/mol. The number of nitrogens with zero attached hydrogens (tertiary/aromatic N) is 2. The maximum absolute atomic E-state index is 14.2. The van der Waals surface area contributed by atoms with Gasteiger partial charge < -0.3 is 25.1 Å². The molecule has 2 aliphatic rings. The van der Waals surface area contributed by atoms with Crippen LogP contribution in [0.15, 0.2) is 91.1 Å². The van der Waals surface area contributed by atoms with Gasteiger partial charge in [-0.1, -0.05) is 48.4 Å². The van der Waals surface area contributed by atoms with E-state index in [1.165, 1.54) is 6.21 Å². The maximum Gasteiger partial charge on any atom is 0.238 e. The molecule has 0 atom stereocenters. The number of hydrogen-bond donors (Lipinski definition) is 2. The highest BCUT2D eigenvalue weighted by molar-refractivity contribution is 6.29. The number of carbonyl (C=O) groups is 1. The van der Waals surface area contributed by atoms with Gasteiger partial charge in [-0.05, 0) is 72.5 Å². The van der Waals surface area contributed by atoms with E-state index in [-0.39, 0.29) is 5.91 Å². The number of halogens is 1. The molecule has 7 nitrogen and oxygen atoms in total. The summed E-state index contributed by atoms with van der Waals surface area (Å²) in [5.41, 5.74) is 4.52. The average Bonchev–Trinajstić information content (AvgIpc) is 3.21. The molecule has 4 aromatic rings. The predicted octanol–water partition coefficient (Wildman–Crippen LogP) is 7.61. The molecule has 1 aromatic heterocycles. The van der Waals surface area contributed by atoms with Crippen LogP contribution in [0.1, 0.15) is 36.0 Å². The lowest BCUT2D eigenvalue weighted by Crippen LogP contribution is -2.44. The number of benzene rings is 3. The van der Waals surface area contributed by atoms with E-state index in [2.05, 4.69) is 16.4 Å². The zero-order valence-corrected chi connectivity index (χ0v) is 23.3. The third kappa shape index (κ3) is 5.05. The largest absolute Gasteiger partial charge is 0.497 e. The monoisotopic (exact) mass is 564 g/mol. The summed E-state index contributed by atoms with van der Waals surface area (Å²) in [7, 11) is 1.63. The lowest BCUT2D eigenvalue weighted by molar-refractivity contribution is -0.126. The summed E-state index contributed by atoms with van der Waals surface area (Å²) in [6.45, 7) is 0.399. The van der Waals surface area contributed by atoms with E-state index in [9.17, 15) is 4.79 Å². The Balaban J connectivity index is 1.50. The number of fused-ring (bicyclic) bond motifs is 2. The number of rotatable bonds is 9. The van der Waals surface area contributed by atoms with E-state index in [1.54, 1.807) is 31.5 Å². The number of anilines is 2. The molecule has 0 radical (unpaired) electrons. The molecule has 0 unspecified atom stereocenters. The predicted molar refractivity (Wildman–Crippen MR) is 162 cm³/mol. The van der Waals surface area contributed by atoms with E-state index in [0.29, 0.717) is 23.2 Å². The molecule has 0 bridgehead atoms. The minimum absolute atomic E-state index is 0.0814. The number of nitrogens with one attached hydrogen (secondary N) is 2. The van der Waals surface area contributed by atoms with Gasteiger partial charge in [-0.3, -0.25) is 4.79 Å². The molecule has 1 spiro atoms. The fourth-order valence-electron chi connectivity index (χ4n) is 5.58. The van der Waals surface area contributed by atoms with Crippen LogP contribution >= 0.6 is 11.6 Å². The lowest BCUT2D eigenvalue weighted by Gasteiger charge is -2.37. The van der Waals surface area contributed by atoms with Gasteiger partial charge >= 0.3 is 0 Å². The summed E-state index contributed by atoms with van der Waals surface area (Å²) in [6, 6.07) is 24.9. The number of ether oxygens (including phenoxy) is 2. The Kier molecular flexibility index (Phi) is 7.20. The number of hydrogen-bond acceptors (Lipinski definition) is 6. The van der Waals surface area contributed by atoms with Crippen LogP contribution in [0, 0.1) is 5.41 Å². The Bertz CT molecular complexity index is 1630. The number of para-hydroxylation sites is 1. The second-order valence-corrected chi connectivity index (χ2v) is 10.6. The minimum Gasteiger partial charge on any atom is -0.497 e. The Morgan fingerprint density at radius 2 is 1.85 bits per heavy atom. The molecule has 1 aliphatic heterocycles. The van der Waals surface area contributed by atoms with Crippen molar-refractivity contribution in [1.29, 1.82) is 5.41 Å². The highest BCUT2D eigenvalue weighted by atomic mass is 35.5. The van der Waals surface area contributed by atoms with Gasteiger partial charge in [-0.2, -0.15) is 0 Å². The third-order valence-electron chi connectivity index (χ3n) is 7.76. The summed E-state index contributed by atoms with van der Waals surface area (Å²) in [5.74, 6) is 1.90. The Morgan fingerprint density at radius 3 is 2.51 bits per heavy atom. The van der Waals surface area contributed by atoms with Crippen molar-refractivity contribution in [3.63, 3.8) is 0 Å². The van der Waals surface area contributed by atoms with Crippen LogP contribution in [-0.4, -0.2) is 24.2 Å². The van der Waals surface area contributed by atoms with E-state index in [4.69, 9.17) is 26.5 Å². The number of methoxy groups -OCH3 is 1. The maximum atomic E-state index is 14.2. The van der Waals surface area contributed by atoms with Gasteiger partial charge in [0.2, 0.25) is 5.91 Å². The standard InChI is InChI=1S/C33H29ClN4O3/c1-40-25-10-8-22(9-11-25)21-38-31-27(33(32(38)39)14-5-15-33)18-23(19-29(31)41-26-13-17-36-30(34)20-26)28(12-16-35)37-24-6-3-2-4-7-24/h2-4,6-13,16-20,35,37H,5,14-15,21H2,1H3/b28-12-,35-16?. The number of amides is 1. The van der Waals surface area contributed by atoms with Crippen molar-refractivity contribution in [1.82, 2.24) is 4.98 Å². The van der Waals surface area contributed by atoms with Crippen LogP contribution in [0.3, 0.4) is 0 Å². The first-order valence-electron chi connectivity index (χ1n) is 13.5. The first kappa shape index (κ1) is 26.6. The van der Waals surface area contributed by atoms with E-state index >= 15 is 0 Å². The van der Waals surface area contributed by atoms with E-state index in [1.807, 2.05) is 65.6 Å². The average molecular weight is 565 g/mol. The summed E-state index contributed by atoms with van der Waals surface area (Å²) >= 11 is 6.19. The van der Waals surface area contributed by atoms with Gasteiger partial charge in [-0.25, -0.2) is 4.98 Å². The van der Waals surface area contributed by atoms with Gasteiger partial charge in [0.15, 0.2) is 5.75 Å². The fourth-order valence-corrected chi connectivity index (χ4v) is 5.75. The topological polar surface area (TPSA) is 87.5 Å². The summed E-state index contributed by atoms with van der Waals surface area (Å²) in [5, 5.41) is 11.6. The molecule has 1 aliphatic carbocycles. The molecule has 1 fully saturated rings. The second-order valence-electron chi connectivity index (χ2n) is 10.2. The molecule has 3 aromatic carbocycles. The smallest absolute Gasteiger partial charge is 0.238 e. The molecule has 8 heteroatoms. The number of pyridine rings is 1. The molecule has 41 heavy (non-hydrogen) atoms. The van der Waals surface area contributed by atoms with Gasteiger partial charge in [-0.15, -0.1) is 0 Å². The minimum atomic E-state index is -0.603. The van der Waals surface area contributed by atoms with Gasteiger partial charge in [0, 0.05) is 35.4 Å². The van der Waals surface area contributed by atoms with Crippen molar-refractivity contribution in [2.75, 3.05) is 17.3 Å². The first-order valence-corrected chi connectivity index (χ1v) is 13.8. The van der Waals surface area contributed by atoms with Crippen LogP contribution in [0.25, 0.3) is 5.70 Å². The normalized spacial score (nSPS) is 15.3. The van der Waals surface area contributed by atoms with Crippen molar-refractivity contribution in [3.8, 4) is 17.2 Å². The zero-order valence-electron chi connectivity index (χ0n) is 22.6. The third-order valence-corrected chi connectivity index (χ3v) is 7.97. The second kappa shape index (κ2) is 11.1. The van der Waals surface area contributed by atoms with Gasteiger partial charge in [0.05, 0.1) is 24.8 Å². The van der Waals surface area contributed by atoms with Crippen molar-refractivity contribution >= 4 is 40.8 Å². The molecule has 0 saturated heterocycles. The van der Waals surface area contributed by atoms with Crippen LogP contribution < -0.4 is 19.7 Å². The van der Waals surface area contributed by atoms with Gasteiger partial charge in [0.25, 0.3) is 0 Å². The summed E-state index contributed by atoms with van der Waals surface area (Å²) in [4.78, 5) is 20.1. The van der Waals surface area contributed by atoms with Crippen LogP contribution in [0.4, 0.5) is 11.4 Å². The van der Waals surface area contributed by atoms with Crippen molar-refractivity contribution in [2.45, 2.75) is 31.2 Å². The lowest BCUT2D eigenvalue weighted by atomic mass is 9.65. The fraction of sp³-hybridized carbons (Fsp3) is 0.182. The highest BCUT2D eigenvalue weighted by Crippen LogP contribution is 2.57. The van der Waals surface area contributed by atoms with Crippen LogP contribution in [0.5, 0.6) is 17.2 Å². The Hall–Kier alpha value is -4.62. The summed E-state index contributed by atoms with van der Waals surface area (Å²) in [6.07, 6.45) is 7.08. The SMILES string of the molecule is COc1ccc(CN2C(=O)C3(CCC3)c3cc(/C(=C/C=N)Nc4ccccc4)cc(Oc4ccnc(Cl)c4)c32)cc1. The number of carbonyl (C=O) groups excluding carboxylic acids is 1. The molecule has 1 saturated carbocycles. The van der Waals surface area contributed by atoms with Gasteiger partial charge in [0.1, 0.15) is 16.7 Å². The molecular formula is C33H29ClN4O3. The molecule has 1 amide bonds. The quantitative estimate of drug-likeness (QED) is 0.161. The summed E-state index contributed by atoms with van der Waals surface area (Å²) < 4.78 is 11.8. The van der Waals surface area contributed by atoms with Crippen molar-refractivity contribution < 1.29 is 14.3 Å². The molecule has 2 N–H and O–H groups in total. The highest BCUT2D eigenvalue weighted by Gasteiger charge is 2.55. The molecule has 206 valence electrons. The Morgan fingerprint density at radius 1 is 1.07 bits per heavy atom. The van der Waals surface area contributed by atoms with E-state index in [0.717, 1.165) is 58.8 Å². The number of aromatic nitrogens is 1. The molecule has 2 heterocycles. The van der Waals surface area contributed by atoms with Crippen LogP contribution in [0.2, 0.25) is 5.15 Å². The van der Waals surface area contributed by atoms with E-state index < -0.39 is 5.41 Å². The zero-order chi connectivity index (χ0) is 28.4. The van der Waals surface area contributed by atoms with Crippen molar-refractivity contribution in [2.24, 2.45) is 0 Å². The van der Waals surface area contributed by atoms with Crippen LogP contribution in [-0.2, 0) is 16.8 Å². The Labute approximate surface area is 243 Å². The molecule has 6 rings (SSSR count). The number of allylic oxidation sites excluding steroid dienone is 1. The van der Waals surface area contributed by atoms with Crippen molar-refractivity contribution in [3.05, 3.63) is 113 Å². The first-order chi connectivity index (χ1) is 20.0.